The van der Waals surface area contributed by atoms with Crippen molar-refractivity contribution < 1.29 is 19.4 Å². The molecule has 1 aliphatic carbocycles. The summed E-state index contributed by atoms with van der Waals surface area (Å²) in [6.45, 7) is 3.63. The van der Waals surface area contributed by atoms with Crippen molar-refractivity contribution in [2.24, 2.45) is 0 Å². The molecule has 1 atom stereocenters. The molecule has 0 aromatic carbocycles. The number of aliphatic hydroxyl groups is 1. The largest absolute Gasteiger partial charge is 0.392 e. The van der Waals surface area contributed by atoms with E-state index in [0.29, 0.717) is 12.0 Å². The number of Topliss-reactive ketones (excluding diaryl/α,β-unsaturated/α-hetero) is 1. The van der Waals surface area contributed by atoms with E-state index in [1.165, 1.54) is 0 Å². The maximum Gasteiger partial charge on any atom is 0.195 e. The summed E-state index contributed by atoms with van der Waals surface area (Å²) in [5.74, 6) is -0.834. The van der Waals surface area contributed by atoms with Gasteiger partial charge in [0, 0.05) is 12.0 Å². The Morgan fingerprint density at radius 2 is 2.29 bits per heavy atom. The monoisotopic (exact) mass is 198 g/mol. The van der Waals surface area contributed by atoms with Crippen LogP contribution in [0, 0.1) is 0 Å². The second kappa shape index (κ2) is 2.89. The molecular formula is C10H14O4. The van der Waals surface area contributed by atoms with Gasteiger partial charge in [0.1, 0.15) is 0 Å². The summed E-state index contributed by atoms with van der Waals surface area (Å²) in [4.78, 5) is 11.8. The van der Waals surface area contributed by atoms with Crippen molar-refractivity contribution in [2.75, 3.05) is 13.2 Å². The van der Waals surface area contributed by atoms with Gasteiger partial charge in [-0.05, 0) is 13.8 Å². The Kier molecular flexibility index (Phi) is 2.03. The summed E-state index contributed by atoms with van der Waals surface area (Å²) in [6.07, 6.45) is 2.23. The topological polar surface area (TPSA) is 55.8 Å². The zero-order valence-corrected chi connectivity index (χ0v) is 8.37. The molecule has 1 saturated heterocycles. The number of rotatable bonds is 1. The minimum atomic E-state index is -0.860. The Bertz CT molecular complexity index is 305. The molecule has 2 rings (SSSR count). The van der Waals surface area contributed by atoms with E-state index in [-0.39, 0.29) is 19.0 Å². The van der Waals surface area contributed by atoms with Gasteiger partial charge in [0.05, 0.1) is 13.2 Å². The zero-order chi connectivity index (χ0) is 10.4. The van der Waals surface area contributed by atoms with Gasteiger partial charge >= 0.3 is 0 Å². The third-order valence-corrected chi connectivity index (χ3v) is 2.65. The highest BCUT2D eigenvalue weighted by atomic mass is 16.8. The van der Waals surface area contributed by atoms with Crippen LogP contribution >= 0.6 is 0 Å². The quantitative estimate of drug-likeness (QED) is 0.662. The Labute approximate surface area is 82.5 Å². The summed E-state index contributed by atoms with van der Waals surface area (Å²) in [5, 5.41) is 8.92. The zero-order valence-electron chi connectivity index (χ0n) is 8.37. The van der Waals surface area contributed by atoms with E-state index in [4.69, 9.17) is 14.6 Å². The number of hydrogen-bond acceptors (Lipinski definition) is 4. The molecule has 1 aliphatic heterocycles. The number of aliphatic hydroxyl groups excluding tert-OH is 1. The van der Waals surface area contributed by atoms with Gasteiger partial charge in [0.2, 0.25) is 0 Å². The molecule has 4 nitrogen and oxygen atoms in total. The average Bonchev–Trinajstić information content (AvgIpc) is 2.58. The van der Waals surface area contributed by atoms with Gasteiger partial charge in [-0.3, -0.25) is 4.79 Å². The first-order chi connectivity index (χ1) is 6.49. The van der Waals surface area contributed by atoms with Crippen molar-refractivity contribution in [1.29, 1.82) is 0 Å². The lowest BCUT2D eigenvalue weighted by Gasteiger charge is -2.23. The molecule has 4 heteroatoms. The molecule has 1 fully saturated rings. The lowest BCUT2D eigenvalue weighted by Crippen LogP contribution is -2.40. The van der Waals surface area contributed by atoms with Crippen LogP contribution in [0.4, 0.5) is 0 Å². The Morgan fingerprint density at radius 3 is 2.71 bits per heavy atom. The highest BCUT2D eigenvalue weighted by Gasteiger charge is 2.53. The fourth-order valence-electron chi connectivity index (χ4n) is 1.93. The molecule has 2 aliphatic rings. The van der Waals surface area contributed by atoms with Crippen LogP contribution in [0.1, 0.15) is 20.3 Å². The predicted octanol–water partition coefficient (Wildman–Crippen LogP) is 0.400. The van der Waals surface area contributed by atoms with Crippen molar-refractivity contribution in [2.45, 2.75) is 31.7 Å². The van der Waals surface area contributed by atoms with Gasteiger partial charge in [-0.15, -0.1) is 0 Å². The van der Waals surface area contributed by atoms with E-state index in [9.17, 15) is 4.79 Å². The highest BCUT2D eigenvalue weighted by Crippen LogP contribution is 2.39. The van der Waals surface area contributed by atoms with Gasteiger partial charge in [0.25, 0.3) is 0 Å². The molecular weight excluding hydrogens is 184 g/mol. The van der Waals surface area contributed by atoms with Crippen LogP contribution in [0.15, 0.2) is 11.6 Å². The highest BCUT2D eigenvalue weighted by molar-refractivity contribution is 6.05. The second-order valence-electron chi connectivity index (χ2n) is 4.21. The van der Waals surface area contributed by atoms with Gasteiger partial charge in [0.15, 0.2) is 17.2 Å². The first-order valence-electron chi connectivity index (χ1n) is 4.68. The molecule has 1 unspecified atom stereocenters. The smallest absolute Gasteiger partial charge is 0.195 e. The van der Waals surface area contributed by atoms with E-state index in [1.807, 2.05) is 0 Å². The third-order valence-electron chi connectivity index (χ3n) is 2.65. The lowest BCUT2D eigenvalue weighted by molar-refractivity contribution is -0.167. The minimum Gasteiger partial charge on any atom is -0.392 e. The number of ketones is 1. The second-order valence-corrected chi connectivity index (χ2v) is 4.21. The molecule has 0 aromatic heterocycles. The molecule has 1 spiro atoms. The first kappa shape index (κ1) is 9.83. The standard InChI is InChI=1S/C10H14O4/c1-9(2)13-6-10(14-9)4-3-7(5-11)8(10)12/h3,11H,4-6H2,1-2H3. The van der Waals surface area contributed by atoms with Gasteiger partial charge in [-0.2, -0.15) is 0 Å². The Balaban J connectivity index is 2.20. The van der Waals surface area contributed by atoms with Crippen molar-refractivity contribution in [3.63, 3.8) is 0 Å². The van der Waals surface area contributed by atoms with Crippen molar-refractivity contribution in [3.8, 4) is 0 Å². The minimum absolute atomic E-state index is 0.134. The van der Waals surface area contributed by atoms with Crippen LogP contribution in [-0.4, -0.2) is 35.5 Å². The van der Waals surface area contributed by atoms with Crippen LogP contribution in [0.5, 0.6) is 0 Å². The van der Waals surface area contributed by atoms with Crippen LogP contribution in [0.25, 0.3) is 0 Å². The molecule has 0 saturated carbocycles. The van der Waals surface area contributed by atoms with E-state index in [1.54, 1.807) is 19.9 Å². The van der Waals surface area contributed by atoms with Gasteiger partial charge < -0.3 is 14.6 Å². The SMILES string of the molecule is CC1(C)OCC2(CC=C(CO)C2=O)O1. The van der Waals surface area contributed by atoms with Gasteiger partial charge in [-0.1, -0.05) is 6.08 Å². The lowest BCUT2D eigenvalue weighted by atomic mass is 9.99. The van der Waals surface area contributed by atoms with E-state index >= 15 is 0 Å². The fraction of sp³-hybridized carbons (Fsp3) is 0.700. The molecule has 0 bridgehead atoms. The molecule has 14 heavy (non-hydrogen) atoms. The molecule has 0 radical (unpaired) electrons. The Hall–Kier alpha value is -0.710. The summed E-state index contributed by atoms with van der Waals surface area (Å²) in [7, 11) is 0. The first-order valence-corrected chi connectivity index (χ1v) is 4.68. The van der Waals surface area contributed by atoms with E-state index in [2.05, 4.69) is 0 Å². The average molecular weight is 198 g/mol. The van der Waals surface area contributed by atoms with Crippen molar-refractivity contribution >= 4 is 5.78 Å². The number of hydrogen-bond donors (Lipinski definition) is 1. The normalized spacial score (nSPS) is 35.4. The summed E-state index contributed by atoms with van der Waals surface area (Å²) < 4.78 is 11.0. The van der Waals surface area contributed by atoms with Crippen molar-refractivity contribution in [3.05, 3.63) is 11.6 Å². The molecule has 0 aromatic rings. The number of carbonyl (C=O) groups excluding carboxylic acids is 1. The van der Waals surface area contributed by atoms with Crippen LogP contribution in [0.3, 0.4) is 0 Å². The molecule has 0 amide bonds. The van der Waals surface area contributed by atoms with Crippen LogP contribution in [-0.2, 0) is 14.3 Å². The third kappa shape index (κ3) is 1.30. The molecule has 1 N–H and O–H groups in total. The maximum atomic E-state index is 11.8. The summed E-state index contributed by atoms with van der Waals surface area (Å²) in [5.41, 5.74) is -0.423. The number of carbonyl (C=O) groups is 1. The molecule has 1 heterocycles. The number of ether oxygens (including phenoxy) is 2. The Morgan fingerprint density at radius 1 is 1.57 bits per heavy atom. The van der Waals surface area contributed by atoms with Crippen LogP contribution < -0.4 is 0 Å². The van der Waals surface area contributed by atoms with Crippen molar-refractivity contribution in [1.82, 2.24) is 0 Å². The fourth-order valence-corrected chi connectivity index (χ4v) is 1.93. The maximum absolute atomic E-state index is 11.8. The summed E-state index contributed by atoms with van der Waals surface area (Å²) in [6, 6.07) is 0. The molecule has 78 valence electrons. The van der Waals surface area contributed by atoms with Gasteiger partial charge in [-0.25, -0.2) is 0 Å². The predicted molar refractivity (Wildman–Crippen MR) is 48.6 cm³/mol. The van der Waals surface area contributed by atoms with E-state index < -0.39 is 11.4 Å². The summed E-state index contributed by atoms with van der Waals surface area (Å²) >= 11 is 0. The van der Waals surface area contributed by atoms with E-state index in [0.717, 1.165) is 0 Å². The van der Waals surface area contributed by atoms with Crippen LogP contribution in [0.2, 0.25) is 0 Å².